The fraction of sp³-hybridized carbons (Fsp3) is 0.600. The minimum atomic E-state index is -1.22. The van der Waals surface area contributed by atoms with Gasteiger partial charge in [0.2, 0.25) is 5.91 Å². The largest absolute Gasteiger partial charge is 0.480 e. The molecule has 4 nitrogen and oxygen atoms in total. The summed E-state index contributed by atoms with van der Waals surface area (Å²) in [6.07, 6.45) is 3.15. The molecule has 0 aromatic heterocycles. The summed E-state index contributed by atoms with van der Waals surface area (Å²) < 4.78 is 0. The van der Waals surface area contributed by atoms with Gasteiger partial charge in [-0.1, -0.05) is 13.8 Å². The zero-order valence-corrected chi connectivity index (χ0v) is 10.2. The first kappa shape index (κ1) is 14.0. The number of amides is 1. The third kappa shape index (κ3) is 3.95. The van der Waals surface area contributed by atoms with Crippen LogP contribution in [-0.4, -0.2) is 28.8 Å². The van der Waals surface area contributed by atoms with Crippen molar-refractivity contribution >= 4 is 23.6 Å². The van der Waals surface area contributed by atoms with Crippen molar-refractivity contribution in [1.82, 2.24) is 5.32 Å². The summed E-state index contributed by atoms with van der Waals surface area (Å²) in [7, 11) is 0. The van der Waals surface area contributed by atoms with Crippen LogP contribution < -0.4 is 5.32 Å². The van der Waals surface area contributed by atoms with Gasteiger partial charge in [0.1, 0.15) is 5.54 Å². The van der Waals surface area contributed by atoms with Crippen molar-refractivity contribution < 1.29 is 14.7 Å². The second kappa shape index (κ2) is 5.80. The zero-order chi connectivity index (χ0) is 12.1. The van der Waals surface area contributed by atoms with Crippen LogP contribution in [0.5, 0.6) is 0 Å². The quantitative estimate of drug-likeness (QED) is 0.703. The Balaban J connectivity index is 4.64. The maximum atomic E-state index is 11.4. The Bertz CT molecular complexity index is 276. The lowest BCUT2D eigenvalue weighted by atomic mass is 9.88. The van der Waals surface area contributed by atoms with Crippen LogP contribution in [0.15, 0.2) is 11.5 Å². The van der Waals surface area contributed by atoms with E-state index in [1.807, 2.05) is 6.26 Å². The molecule has 1 atom stereocenters. The highest BCUT2D eigenvalue weighted by Gasteiger charge is 2.37. The Morgan fingerprint density at radius 3 is 2.33 bits per heavy atom. The average Bonchev–Trinajstić information content (AvgIpc) is 2.13. The van der Waals surface area contributed by atoms with Gasteiger partial charge in [-0.3, -0.25) is 4.79 Å². The van der Waals surface area contributed by atoms with Crippen molar-refractivity contribution in [2.24, 2.45) is 5.92 Å². The van der Waals surface area contributed by atoms with Crippen LogP contribution >= 0.6 is 11.8 Å². The van der Waals surface area contributed by atoms with E-state index in [1.165, 1.54) is 24.8 Å². The maximum Gasteiger partial charge on any atom is 0.329 e. The van der Waals surface area contributed by atoms with Gasteiger partial charge in [-0.2, -0.15) is 0 Å². The topological polar surface area (TPSA) is 66.4 Å². The van der Waals surface area contributed by atoms with Gasteiger partial charge in [0.15, 0.2) is 0 Å². The number of hydrogen-bond acceptors (Lipinski definition) is 3. The number of carbonyl (C=O) groups is 2. The molecule has 0 saturated heterocycles. The number of hydrogen-bond donors (Lipinski definition) is 2. The second-order valence-corrected chi connectivity index (χ2v) is 4.43. The number of carboxylic acid groups (broad SMARTS) is 1. The van der Waals surface area contributed by atoms with Crippen LogP contribution in [0, 0.1) is 5.92 Å². The van der Waals surface area contributed by atoms with Gasteiger partial charge in [-0.15, -0.1) is 11.8 Å². The summed E-state index contributed by atoms with van der Waals surface area (Å²) >= 11 is 1.38. The highest BCUT2D eigenvalue weighted by atomic mass is 32.2. The van der Waals surface area contributed by atoms with E-state index in [-0.39, 0.29) is 11.8 Å². The number of carbonyl (C=O) groups excluding carboxylic acids is 1. The van der Waals surface area contributed by atoms with E-state index >= 15 is 0 Å². The number of aliphatic carboxylic acids is 1. The third-order valence-corrected chi connectivity index (χ3v) is 2.75. The van der Waals surface area contributed by atoms with Gasteiger partial charge in [0, 0.05) is 6.08 Å². The molecule has 0 fully saturated rings. The normalized spacial score (nSPS) is 15.3. The minimum Gasteiger partial charge on any atom is -0.480 e. The first-order valence-electron chi connectivity index (χ1n) is 4.59. The molecule has 0 saturated carbocycles. The highest BCUT2D eigenvalue weighted by molar-refractivity contribution is 8.01. The molecule has 0 aromatic carbocycles. The van der Waals surface area contributed by atoms with Crippen LogP contribution in [0.25, 0.3) is 0 Å². The van der Waals surface area contributed by atoms with Gasteiger partial charge < -0.3 is 10.4 Å². The average molecular weight is 231 g/mol. The van der Waals surface area contributed by atoms with Crippen LogP contribution in [0.2, 0.25) is 0 Å². The molecular weight excluding hydrogens is 214 g/mol. The molecule has 0 spiro atoms. The Morgan fingerprint density at radius 2 is 2.00 bits per heavy atom. The van der Waals surface area contributed by atoms with Crippen molar-refractivity contribution in [3.05, 3.63) is 11.5 Å². The zero-order valence-electron chi connectivity index (χ0n) is 9.40. The minimum absolute atomic E-state index is 0.179. The van der Waals surface area contributed by atoms with Crippen molar-refractivity contribution in [3.8, 4) is 0 Å². The summed E-state index contributed by atoms with van der Waals surface area (Å²) in [5.41, 5.74) is -1.22. The molecule has 0 bridgehead atoms. The first-order valence-corrected chi connectivity index (χ1v) is 5.88. The third-order valence-electron chi connectivity index (χ3n) is 2.34. The molecule has 0 aliphatic carbocycles. The van der Waals surface area contributed by atoms with Crippen molar-refractivity contribution in [2.45, 2.75) is 26.3 Å². The van der Waals surface area contributed by atoms with E-state index in [2.05, 4.69) is 5.32 Å². The summed E-state index contributed by atoms with van der Waals surface area (Å²) in [5, 5.41) is 13.1. The van der Waals surface area contributed by atoms with Crippen molar-refractivity contribution in [3.63, 3.8) is 0 Å². The Hall–Kier alpha value is -0.970. The summed E-state index contributed by atoms with van der Waals surface area (Å²) in [4.78, 5) is 22.4. The van der Waals surface area contributed by atoms with Gasteiger partial charge in [0.05, 0.1) is 0 Å². The molecule has 1 amide bonds. The predicted octanol–water partition coefficient (Wildman–Crippen LogP) is 1.48. The summed E-state index contributed by atoms with van der Waals surface area (Å²) in [5.74, 6) is -1.59. The van der Waals surface area contributed by atoms with Gasteiger partial charge >= 0.3 is 5.97 Å². The van der Waals surface area contributed by atoms with E-state index in [4.69, 9.17) is 5.11 Å². The van der Waals surface area contributed by atoms with Gasteiger partial charge in [-0.05, 0) is 24.5 Å². The molecule has 0 radical (unpaired) electrons. The van der Waals surface area contributed by atoms with E-state index in [1.54, 1.807) is 19.3 Å². The summed E-state index contributed by atoms with van der Waals surface area (Å²) in [6.45, 7) is 5.02. The van der Waals surface area contributed by atoms with Crippen molar-refractivity contribution in [1.29, 1.82) is 0 Å². The van der Waals surface area contributed by atoms with Crippen LogP contribution in [0.3, 0.4) is 0 Å². The molecule has 0 aliphatic rings. The molecule has 2 N–H and O–H groups in total. The van der Waals surface area contributed by atoms with Crippen LogP contribution in [0.1, 0.15) is 20.8 Å². The standard InChI is InChI=1S/C10H17NO3S/c1-7(2)10(3,9(13)14)11-8(12)5-6-15-4/h5-7H,1-4H3,(H,11,12)(H,13,14)/b6-5+. The molecule has 86 valence electrons. The van der Waals surface area contributed by atoms with Crippen LogP contribution in [0.4, 0.5) is 0 Å². The molecular formula is C10H17NO3S. The number of thioether (sulfide) groups is 1. The molecule has 15 heavy (non-hydrogen) atoms. The molecule has 0 aromatic rings. The lowest BCUT2D eigenvalue weighted by Crippen LogP contribution is -2.55. The number of rotatable bonds is 5. The monoisotopic (exact) mass is 231 g/mol. The smallest absolute Gasteiger partial charge is 0.329 e. The predicted molar refractivity (Wildman–Crippen MR) is 61.7 cm³/mol. The highest BCUT2D eigenvalue weighted by Crippen LogP contribution is 2.16. The van der Waals surface area contributed by atoms with E-state index in [0.717, 1.165) is 0 Å². The lowest BCUT2D eigenvalue weighted by Gasteiger charge is -2.29. The number of nitrogens with one attached hydrogen (secondary N) is 1. The Morgan fingerprint density at radius 1 is 1.47 bits per heavy atom. The molecule has 0 aliphatic heterocycles. The Kier molecular flexibility index (Phi) is 5.43. The fourth-order valence-corrected chi connectivity index (χ4v) is 1.13. The molecule has 5 heteroatoms. The van der Waals surface area contributed by atoms with E-state index < -0.39 is 11.5 Å². The Labute approximate surface area is 94.1 Å². The molecule has 0 rings (SSSR count). The van der Waals surface area contributed by atoms with Crippen LogP contribution in [-0.2, 0) is 9.59 Å². The maximum absolute atomic E-state index is 11.4. The van der Waals surface area contributed by atoms with Gasteiger partial charge in [-0.25, -0.2) is 4.79 Å². The lowest BCUT2D eigenvalue weighted by molar-refractivity contribution is -0.148. The summed E-state index contributed by atoms with van der Waals surface area (Å²) in [6, 6.07) is 0. The SMILES string of the molecule is CS/C=C/C(=O)NC(C)(C(=O)O)C(C)C. The van der Waals surface area contributed by atoms with Crippen molar-refractivity contribution in [2.75, 3.05) is 6.26 Å². The molecule has 0 heterocycles. The fourth-order valence-electron chi connectivity index (χ4n) is 0.872. The number of carboxylic acids is 1. The van der Waals surface area contributed by atoms with E-state index in [9.17, 15) is 9.59 Å². The first-order chi connectivity index (χ1) is 6.84. The second-order valence-electron chi connectivity index (χ2n) is 3.69. The van der Waals surface area contributed by atoms with Gasteiger partial charge in [0.25, 0.3) is 0 Å². The van der Waals surface area contributed by atoms with E-state index in [0.29, 0.717) is 0 Å². The molecule has 1 unspecified atom stereocenters.